The van der Waals surface area contributed by atoms with Crippen LogP contribution in [0.5, 0.6) is 0 Å². The fourth-order valence-electron chi connectivity index (χ4n) is 2.49. The van der Waals surface area contributed by atoms with Gasteiger partial charge in [0.2, 0.25) is 0 Å². The van der Waals surface area contributed by atoms with Crippen LogP contribution in [0.1, 0.15) is 35.9 Å². The normalized spacial score (nSPS) is 21.8. The van der Waals surface area contributed by atoms with Crippen molar-refractivity contribution in [1.29, 1.82) is 0 Å². The molecule has 16 heavy (non-hydrogen) atoms. The van der Waals surface area contributed by atoms with E-state index in [9.17, 15) is 0 Å². The molecule has 3 rings (SSSR count). The van der Waals surface area contributed by atoms with Crippen LogP contribution < -0.4 is 5.32 Å². The Balaban J connectivity index is 2.01. The minimum Gasteiger partial charge on any atom is -0.309 e. The van der Waals surface area contributed by atoms with Crippen molar-refractivity contribution in [2.45, 2.75) is 32.2 Å². The van der Waals surface area contributed by atoms with Gasteiger partial charge in [0.25, 0.3) is 0 Å². The molecule has 2 aromatic rings. The Morgan fingerprint density at radius 3 is 3.06 bits per heavy atom. The molecule has 0 aliphatic carbocycles. The number of nitrogens with one attached hydrogen (secondary N) is 1. The lowest BCUT2D eigenvalue weighted by molar-refractivity contribution is 0.417. The van der Waals surface area contributed by atoms with Gasteiger partial charge in [-0.25, -0.2) is 0 Å². The summed E-state index contributed by atoms with van der Waals surface area (Å²) in [4.78, 5) is 2.78. The van der Waals surface area contributed by atoms with Gasteiger partial charge in [0.15, 0.2) is 0 Å². The Morgan fingerprint density at radius 2 is 2.38 bits per heavy atom. The maximum atomic E-state index is 4.44. The highest BCUT2D eigenvalue weighted by Gasteiger charge is 2.19. The highest BCUT2D eigenvalue weighted by Crippen LogP contribution is 2.34. The van der Waals surface area contributed by atoms with Crippen LogP contribution in [0.4, 0.5) is 0 Å². The van der Waals surface area contributed by atoms with Gasteiger partial charge < -0.3 is 5.32 Å². The zero-order chi connectivity index (χ0) is 11.1. The predicted octanol–water partition coefficient (Wildman–Crippen LogP) is 2.76. The van der Waals surface area contributed by atoms with E-state index in [1.807, 2.05) is 23.1 Å². The minimum atomic E-state index is 0.575. The van der Waals surface area contributed by atoms with E-state index in [2.05, 4.69) is 23.4 Å². The predicted molar refractivity (Wildman–Crippen MR) is 67.9 cm³/mol. The van der Waals surface area contributed by atoms with E-state index in [1.165, 1.54) is 34.4 Å². The standard InChI is InChI=1S/C12H17N3S/c1-8-9-7-11(10-5-3-4-6-13-10)16-12(9)15(2)14-8/h7,10,13H,3-6H2,1-2H3. The lowest BCUT2D eigenvalue weighted by atomic mass is 10.0. The highest BCUT2D eigenvalue weighted by molar-refractivity contribution is 7.18. The molecule has 1 saturated heterocycles. The van der Waals surface area contributed by atoms with Crippen LogP contribution in [0.15, 0.2) is 6.07 Å². The molecular formula is C12H17N3S. The molecule has 86 valence electrons. The van der Waals surface area contributed by atoms with Crippen LogP contribution in [0.3, 0.4) is 0 Å². The summed E-state index contributed by atoms with van der Waals surface area (Å²) in [5, 5.41) is 9.38. The maximum absolute atomic E-state index is 4.44. The summed E-state index contributed by atoms with van der Waals surface area (Å²) in [5.41, 5.74) is 1.15. The van der Waals surface area contributed by atoms with Crippen molar-refractivity contribution in [1.82, 2.24) is 15.1 Å². The summed E-state index contributed by atoms with van der Waals surface area (Å²) in [6.45, 7) is 3.25. The summed E-state index contributed by atoms with van der Waals surface area (Å²) in [7, 11) is 2.03. The van der Waals surface area contributed by atoms with Gasteiger partial charge in [0.05, 0.1) is 5.69 Å². The fraction of sp³-hybridized carbons (Fsp3) is 0.583. The van der Waals surface area contributed by atoms with E-state index in [1.54, 1.807) is 0 Å². The molecule has 4 heteroatoms. The smallest absolute Gasteiger partial charge is 0.121 e. The summed E-state index contributed by atoms with van der Waals surface area (Å²) < 4.78 is 2.00. The minimum absolute atomic E-state index is 0.575. The van der Waals surface area contributed by atoms with E-state index >= 15 is 0 Å². The average Bonchev–Trinajstić information content (AvgIpc) is 2.83. The molecule has 1 atom stereocenters. The number of thiophene rings is 1. The molecule has 0 amide bonds. The number of hydrogen-bond donors (Lipinski definition) is 1. The van der Waals surface area contributed by atoms with E-state index in [0.29, 0.717) is 6.04 Å². The number of aromatic nitrogens is 2. The van der Waals surface area contributed by atoms with Crippen molar-refractivity contribution < 1.29 is 0 Å². The van der Waals surface area contributed by atoms with Gasteiger partial charge in [0, 0.05) is 23.4 Å². The quantitative estimate of drug-likeness (QED) is 0.823. The van der Waals surface area contributed by atoms with Crippen molar-refractivity contribution >= 4 is 21.6 Å². The third-order valence-electron chi connectivity index (χ3n) is 3.37. The molecule has 3 heterocycles. The third kappa shape index (κ3) is 1.57. The van der Waals surface area contributed by atoms with Crippen LogP contribution in [0, 0.1) is 6.92 Å². The van der Waals surface area contributed by atoms with Gasteiger partial charge in [-0.2, -0.15) is 5.10 Å². The van der Waals surface area contributed by atoms with E-state index in [0.717, 1.165) is 12.2 Å². The van der Waals surface area contributed by atoms with Crippen molar-refractivity contribution in [3.8, 4) is 0 Å². The van der Waals surface area contributed by atoms with Gasteiger partial charge in [-0.3, -0.25) is 4.68 Å². The number of aryl methyl sites for hydroxylation is 2. The van der Waals surface area contributed by atoms with Crippen LogP contribution in [0.2, 0.25) is 0 Å². The molecule has 3 nitrogen and oxygen atoms in total. The van der Waals surface area contributed by atoms with Gasteiger partial charge in [0.1, 0.15) is 4.83 Å². The number of fused-ring (bicyclic) bond motifs is 1. The van der Waals surface area contributed by atoms with Gasteiger partial charge in [-0.05, 0) is 32.4 Å². The molecule has 0 aromatic carbocycles. The SMILES string of the molecule is Cc1nn(C)c2sc(C3CCCCN3)cc12. The second-order valence-corrected chi connectivity index (χ2v) is 5.64. The van der Waals surface area contributed by atoms with Gasteiger partial charge in [-0.1, -0.05) is 6.42 Å². The first-order chi connectivity index (χ1) is 7.75. The molecule has 1 aliphatic rings. The molecule has 0 spiro atoms. The fourth-order valence-corrected chi connectivity index (χ4v) is 3.72. The molecule has 1 unspecified atom stereocenters. The zero-order valence-electron chi connectivity index (χ0n) is 9.79. The number of nitrogens with zero attached hydrogens (tertiary/aromatic N) is 2. The first-order valence-corrected chi connectivity index (χ1v) is 6.74. The number of piperidine rings is 1. The summed E-state index contributed by atoms with van der Waals surface area (Å²) in [5.74, 6) is 0. The molecule has 1 aliphatic heterocycles. The second kappa shape index (κ2) is 3.86. The molecule has 1 N–H and O–H groups in total. The lowest BCUT2D eigenvalue weighted by Crippen LogP contribution is -2.25. The maximum Gasteiger partial charge on any atom is 0.121 e. The summed E-state index contributed by atoms with van der Waals surface area (Å²) in [6.07, 6.45) is 3.95. The first-order valence-electron chi connectivity index (χ1n) is 5.92. The molecule has 0 bridgehead atoms. The number of hydrogen-bond acceptors (Lipinski definition) is 3. The Hall–Kier alpha value is -0.870. The largest absolute Gasteiger partial charge is 0.309 e. The van der Waals surface area contributed by atoms with Crippen molar-refractivity contribution in [3.63, 3.8) is 0 Å². The Labute approximate surface area is 99.5 Å². The van der Waals surface area contributed by atoms with Gasteiger partial charge >= 0.3 is 0 Å². The molecule has 0 saturated carbocycles. The highest BCUT2D eigenvalue weighted by atomic mass is 32.1. The molecule has 0 radical (unpaired) electrons. The lowest BCUT2D eigenvalue weighted by Gasteiger charge is -2.22. The molecular weight excluding hydrogens is 218 g/mol. The van der Waals surface area contributed by atoms with E-state index < -0.39 is 0 Å². The van der Waals surface area contributed by atoms with Crippen molar-refractivity contribution in [3.05, 3.63) is 16.6 Å². The van der Waals surface area contributed by atoms with Gasteiger partial charge in [-0.15, -0.1) is 11.3 Å². The average molecular weight is 235 g/mol. The van der Waals surface area contributed by atoms with Crippen molar-refractivity contribution in [2.75, 3.05) is 6.54 Å². The summed E-state index contributed by atoms with van der Waals surface area (Å²) in [6, 6.07) is 2.90. The monoisotopic (exact) mass is 235 g/mol. The number of rotatable bonds is 1. The Morgan fingerprint density at radius 1 is 1.50 bits per heavy atom. The van der Waals surface area contributed by atoms with Crippen molar-refractivity contribution in [2.24, 2.45) is 7.05 Å². The van der Waals surface area contributed by atoms with E-state index in [4.69, 9.17) is 0 Å². The Bertz CT molecular complexity index is 471. The third-order valence-corrected chi connectivity index (χ3v) is 4.68. The van der Waals surface area contributed by atoms with Crippen LogP contribution in [-0.4, -0.2) is 16.3 Å². The zero-order valence-corrected chi connectivity index (χ0v) is 10.6. The first kappa shape index (κ1) is 10.3. The summed E-state index contributed by atoms with van der Waals surface area (Å²) >= 11 is 1.89. The Kier molecular flexibility index (Phi) is 2.48. The molecule has 1 fully saturated rings. The molecule has 2 aromatic heterocycles. The van der Waals surface area contributed by atoms with E-state index in [-0.39, 0.29) is 0 Å². The van der Waals surface area contributed by atoms with Crippen LogP contribution >= 0.6 is 11.3 Å². The van der Waals surface area contributed by atoms with Crippen LogP contribution in [0.25, 0.3) is 10.2 Å². The van der Waals surface area contributed by atoms with Crippen LogP contribution in [-0.2, 0) is 7.05 Å². The topological polar surface area (TPSA) is 29.9 Å². The second-order valence-electron chi connectivity index (χ2n) is 4.58.